The molecule has 2 nitrogen and oxygen atoms in total. The predicted molar refractivity (Wildman–Crippen MR) is 65.1 cm³/mol. The number of benzene rings is 1. The quantitative estimate of drug-likeness (QED) is 0.790. The molecule has 1 heterocycles. The molecule has 0 bridgehead atoms. The summed E-state index contributed by atoms with van der Waals surface area (Å²) in [6.45, 7) is 5.73. The van der Waals surface area contributed by atoms with Crippen LogP contribution >= 0.6 is 0 Å². The zero-order valence-electron chi connectivity index (χ0n) is 9.91. The third-order valence-corrected chi connectivity index (χ3v) is 3.42. The van der Waals surface area contributed by atoms with Gasteiger partial charge in [-0.3, -0.25) is 0 Å². The topological polar surface area (TPSA) is 29.3 Å². The maximum absolute atomic E-state index is 13.8. The smallest absolute Gasteiger partial charge is 0.146 e. The van der Waals surface area contributed by atoms with Crippen LogP contribution in [0.1, 0.15) is 18.9 Å². The second-order valence-corrected chi connectivity index (χ2v) is 4.83. The summed E-state index contributed by atoms with van der Waals surface area (Å²) in [6, 6.07) is 5.67. The van der Waals surface area contributed by atoms with Gasteiger partial charge >= 0.3 is 0 Å². The number of halogens is 1. The Balaban J connectivity index is 2.18. The van der Waals surface area contributed by atoms with Gasteiger partial charge in [0.25, 0.3) is 0 Å². The maximum Gasteiger partial charge on any atom is 0.146 e. The van der Waals surface area contributed by atoms with E-state index in [0.29, 0.717) is 11.6 Å². The van der Waals surface area contributed by atoms with Crippen molar-refractivity contribution in [2.24, 2.45) is 11.7 Å². The average Bonchev–Trinajstić information content (AvgIpc) is 2.22. The molecule has 0 aromatic heterocycles. The highest BCUT2D eigenvalue weighted by atomic mass is 19.1. The van der Waals surface area contributed by atoms with Gasteiger partial charge in [-0.15, -0.1) is 0 Å². The average molecular weight is 222 g/mol. The van der Waals surface area contributed by atoms with E-state index in [-0.39, 0.29) is 11.9 Å². The van der Waals surface area contributed by atoms with Crippen LogP contribution in [-0.2, 0) is 0 Å². The van der Waals surface area contributed by atoms with E-state index in [0.717, 1.165) is 25.1 Å². The van der Waals surface area contributed by atoms with Crippen LogP contribution in [0.4, 0.5) is 10.1 Å². The number of hydrogen-bond acceptors (Lipinski definition) is 2. The summed E-state index contributed by atoms with van der Waals surface area (Å²) < 4.78 is 13.8. The normalized spacial score (nSPS) is 25.9. The molecule has 3 heteroatoms. The lowest BCUT2D eigenvalue weighted by atomic mass is 9.94. The van der Waals surface area contributed by atoms with Crippen LogP contribution in [0.25, 0.3) is 0 Å². The summed E-state index contributed by atoms with van der Waals surface area (Å²) in [5.41, 5.74) is 7.63. The van der Waals surface area contributed by atoms with Crippen molar-refractivity contribution in [3.63, 3.8) is 0 Å². The van der Waals surface area contributed by atoms with E-state index >= 15 is 0 Å². The predicted octanol–water partition coefficient (Wildman–Crippen LogP) is 2.31. The number of aryl methyl sites for hydroxylation is 1. The second-order valence-electron chi connectivity index (χ2n) is 4.83. The number of hydrogen-bond donors (Lipinski definition) is 1. The molecule has 1 aliphatic heterocycles. The van der Waals surface area contributed by atoms with Crippen molar-refractivity contribution >= 4 is 5.69 Å². The van der Waals surface area contributed by atoms with Crippen molar-refractivity contribution in [1.29, 1.82) is 0 Å². The fourth-order valence-corrected chi connectivity index (χ4v) is 2.25. The van der Waals surface area contributed by atoms with Gasteiger partial charge in [0.1, 0.15) is 5.82 Å². The summed E-state index contributed by atoms with van der Waals surface area (Å²) in [5, 5.41) is 0. The third-order valence-electron chi connectivity index (χ3n) is 3.42. The molecular formula is C13H19FN2. The van der Waals surface area contributed by atoms with Crippen molar-refractivity contribution in [2.45, 2.75) is 26.3 Å². The number of rotatable bonds is 1. The van der Waals surface area contributed by atoms with Gasteiger partial charge in [0.15, 0.2) is 0 Å². The van der Waals surface area contributed by atoms with E-state index in [4.69, 9.17) is 5.73 Å². The summed E-state index contributed by atoms with van der Waals surface area (Å²) >= 11 is 0. The SMILES string of the molecule is Cc1ccc(N2CCC(N)C(C)C2)c(F)c1. The lowest BCUT2D eigenvalue weighted by molar-refractivity contribution is 0.380. The fourth-order valence-electron chi connectivity index (χ4n) is 2.25. The largest absolute Gasteiger partial charge is 0.369 e. The first kappa shape index (κ1) is 11.4. The van der Waals surface area contributed by atoms with E-state index in [2.05, 4.69) is 11.8 Å². The van der Waals surface area contributed by atoms with Crippen molar-refractivity contribution in [3.05, 3.63) is 29.6 Å². The van der Waals surface area contributed by atoms with Crippen LogP contribution in [0, 0.1) is 18.7 Å². The Hall–Kier alpha value is -1.09. The molecule has 1 aromatic rings. The molecule has 2 atom stereocenters. The van der Waals surface area contributed by atoms with Gasteiger partial charge in [-0.2, -0.15) is 0 Å². The molecule has 2 unspecified atom stereocenters. The van der Waals surface area contributed by atoms with Gasteiger partial charge in [-0.25, -0.2) is 4.39 Å². The van der Waals surface area contributed by atoms with Crippen LogP contribution in [0.3, 0.4) is 0 Å². The number of piperidine rings is 1. The summed E-state index contributed by atoms with van der Waals surface area (Å²) in [7, 11) is 0. The van der Waals surface area contributed by atoms with Gasteiger partial charge in [0.2, 0.25) is 0 Å². The molecule has 1 fully saturated rings. The number of nitrogens with zero attached hydrogens (tertiary/aromatic N) is 1. The van der Waals surface area contributed by atoms with E-state index in [1.54, 1.807) is 6.07 Å². The molecule has 0 radical (unpaired) electrons. The molecule has 1 aliphatic rings. The Labute approximate surface area is 96.2 Å². The number of nitrogens with two attached hydrogens (primary N) is 1. The molecule has 0 spiro atoms. The van der Waals surface area contributed by atoms with Gasteiger partial charge < -0.3 is 10.6 Å². The van der Waals surface area contributed by atoms with Crippen molar-refractivity contribution in [2.75, 3.05) is 18.0 Å². The Kier molecular flexibility index (Phi) is 3.15. The first-order valence-electron chi connectivity index (χ1n) is 5.84. The van der Waals surface area contributed by atoms with Crippen LogP contribution in [0.15, 0.2) is 18.2 Å². The minimum atomic E-state index is -0.123. The van der Waals surface area contributed by atoms with Crippen LogP contribution in [0.5, 0.6) is 0 Å². The van der Waals surface area contributed by atoms with Gasteiger partial charge in [-0.1, -0.05) is 13.0 Å². The summed E-state index contributed by atoms with van der Waals surface area (Å²) in [4.78, 5) is 2.10. The Morgan fingerprint density at radius 3 is 2.81 bits per heavy atom. The van der Waals surface area contributed by atoms with E-state index in [9.17, 15) is 4.39 Å². The van der Waals surface area contributed by atoms with E-state index in [1.165, 1.54) is 0 Å². The molecule has 16 heavy (non-hydrogen) atoms. The van der Waals surface area contributed by atoms with Crippen LogP contribution in [-0.4, -0.2) is 19.1 Å². The monoisotopic (exact) mass is 222 g/mol. The molecule has 0 saturated carbocycles. The van der Waals surface area contributed by atoms with Crippen LogP contribution < -0.4 is 10.6 Å². The molecule has 2 rings (SSSR count). The lowest BCUT2D eigenvalue weighted by Gasteiger charge is -2.36. The van der Waals surface area contributed by atoms with Gasteiger partial charge in [-0.05, 0) is 37.0 Å². The highest BCUT2D eigenvalue weighted by Gasteiger charge is 2.24. The van der Waals surface area contributed by atoms with E-state index in [1.807, 2.05) is 19.1 Å². The molecular weight excluding hydrogens is 203 g/mol. The maximum atomic E-state index is 13.8. The van der Waals surface area contributed by atoms with Gasteiger partial charge in [0, 0.05) is 19.1 Å². The lowest BCUT2D eigenvalue weighted by Crippen LogP contribution is -2.46. The Morgan fingerprint density at radius 1 is 1.44 bits per heavy atom. The minimum absolute atomic E-state index is 0.123. The standard InChI is InChI=1S/C13H19FN2/c1-9-3-4-13(11(14)7-9)16-6-5-12(15)10(2)8-16/h3-4,7,10,12H,5-6,8,15H2,1-2H3. The molecule has 0 aliphatic carbocycles. The highest BCUT2D eigenvalue weighted by Crippen LogP contribution is 2.25. The molecule has 88 valence electrons. The fraction of sp³-hybridized carbons (Fsp3) is 0.538. The van der Waals surface area contributed by atoms with Crippen molar-refractivity contribution < 1.29 is 4.39 Å². The zero-order chi connectivity index (χ0) is 11.7. The number of anilines is 1. The minimum Gasteiger partial charge on any atom is -0.369 e. The second kappa shape index (κ2) is 4.42. The summed E-state index contributed by atoms with van der Waals surface area (Å²) in [5.74, 6) is 0.303. The third kappa shape index (κ3) is 2.19. The molecule has 1 aromatic carbocycles. The Bertz CT molecular complexity index is 378. The van der Waals surface area contributed by atoms with E-state index < -0.39 is 0 Å². The van der Waals surface area contributed by atoms with Crippen molar-refractivity contribution in [1.82, 2.24) is 0 Å². The molecule has 1 saturated heterocycles. The zero-order valence-corrected chi connectivity index (χ0v) is 9.91. The van der Waals surface area contributed by atoms with Crippen molar-refractivity contribution in [3.8, 4) is 0 Å². The summed E-state index contributed by atoms with van der Waals surface area (Å²) in [6.07, 6.45) is 0.939. The first-order valence-corrected chi connectivity index (χ1v) is 5.84. The first-order chi connectivity index (χ1) is 7.58. The molecule has 0 amide bonds. The van der Waals surface area contributed by atoms with Gasteiger partial charge in [0.05, 0.1) is 5.69 Å². The Morgan fingerprint density at radius 2 is 2.19 bits per heavy atom. The van der Waals surface area contributed by atoms with Crippen LogP contribution in [0.2, 0.25) is 0 Å². The molecule has 2 N–H and O–H groups in total. The highest BCUT2D eigenvalue weighted by molar-refractivity contribution is 5.49.